The zero-order valence-corrected chi connectivity index (χ0v) is 15.0. The van der Waals surface area contributed by atoms with Crippen LogP contribution in [0, 0.1) is 10.1 Å². The lowest BCUT2D eigenvalue weighted by atomic mass is 10.2. The Kier molecular flexibility index (Phi) is 5.28. The molecule has 0 aliphatic heterocycles. The number of non-ortho nitro benzene ring substituents is 1. The van der Waals surface area contributed by atoms with Crippen molar-refractivity contribution in [2.45, 2.75) is 0 Å². The Morgan fingerprint density at radius 2 is 1.69 bits per heavy atom. The molecule has 132 valence electrons. The van der Waals surface area contributed by atoms with E-state index < -0.39 is 4.92 Å². The van der Waals surface area contributed by atoms with E-state index >= 15 is 0 Å². The number of fused-ring (bicyclic) bond motifs is 1. The van der Waals surface area contributed by atoms with E-state index in [0.717, 1.165) is 20.8 Å². The fraction of sp³-hybridized carbons (Fsp3) is 0.105. The summed E-state index contributed by atoms with van der Waals surface area (Å²) < 4.78 is 11.6. The number of allylic oxidation sites excluding steroid dienone is 2. The van der Waals surface area contributed by atoms with Crippen LogP contribution in [0.1, 0.15) is 10.6 Å². The molecule has 0 saturated carbocycles. The molecule has 1 aromatic heterocycles. The summed E-state index contributed by atoms with van der Waals surface area (Å²) >= 11 is 1.56. The maximum absolute atomic E-state index is 10.6. The van der Waals surface area contributed by atoms with Crippen molar-refractivity contribution in [3.63, 3.8) is 0 Å². The van der Waals surface area contributed by atoms with Crippen molar-refractivity contribution >= 4 is 39.4 Å². The van der Waals surface area contributed by atoms with Crippen molar-refractivity contribution < 1.29 is 14.4 Å². The number of nitro groups is 1. The van der Waals surface area contributed by atoms with Gasteiger partial charge in [0.25, 0.3) is 5.69 Å². The molecule has 3 rings (SSSR count). The Labute approximate surface area is 154 Å². The molecule has 0 aliphatic carbocycles. The number of rotatable bonds is 6. The highest BCUT2D eigenvalue weighted by molar-refractivity contribution is 7.19. The highest BCUT2D eigenvalue weighted by Crippen LogP contribution is 2.34. The monoisotopic (exact) mass is 368 g/mol. The molecule has 2 aromatic carbocycles. The van der Waals surface area contributed by atoms with Crippen LogP contribution >= 0.6 is 11.3 Å². The molecule has 0 spiro atoms. The number of thiazole rings is 1. The van der Waals surface area contributed by atoms with Crippen LogP contribution in [-0.2, 0) is 0 Å². The normalized spacial score (nSPS) is 11.5. The molecule has 0 N–H and O–H groups in total. The summed E-state index contributed by atoms with van der Waals surface area (Å²) in [6.07, 6.45) is 7.53. The van der Waals surface area contributed by atoms with Gasteiger partial charge in [0, 0.05) is 24.3 Å². The molecule has 0 radical (unpaired) electrons. The number of hydrogen-bond donors (Lipinski definition) is 0. The van der Waals surface area contributed by atoms with Crippen LogP contribution < -0.4 is 9.47 Å². The van der Waals surface area contributed by atoms with Gasteiger partial charge in [-0.15, -0.1) is 11.3 Å². The van der Waals surface area contributed by atoms with Gasteiger partial charge in [0.05, 0.1) is 29.4 Å². The minimum absolute atomic E-state index is 0.0815. The van der Waals surface area contributed by atoms with Crippen molar-refractivity contribution in [3.8, 4) is 11.5 Å². The Balaban J connectivity index is 1.74. The van der Waals surface area contributed by atoms with Gasteiger partial charge in [-0.2, -0.15) is 0 Å². The summed E-state index contributed by atoms with van der Waals surface area (Å²) in [5.74, 6) is 1.33. The van der Waals surface area contributed by atoms with Gasteiger partial charge in [-0.05, 0) is 23.8 Å². The van der Waals surface area contributed by atoms with E-state index in [-0.39, 0.29) is 5.69 Å². The van der Waals surface area contributed by atoms with Gasteiger partial charge < -0.3 is 9.47 Å². The average Bonchev–Trinajstić information content (AvgIpc) is 3.06. The molecular formula is C19H16N2O4S. The Bertz CT molecular complexity index is 950. The number of nitrogens with zero attached hydrogens (tertiary/aromatic N) is 2. The molecule has 6 nitrogen and oxygen atoms in total. The quantitative estimate of drug-likeness (QED) is 0.350. The summed E-state index contributed by atoms with van der Waals surface area (Å²) in [6.45, 7) is 0. The maximum atomic E-state index is 10.6. The highest BCUT2D eigenvalue weighted by Gasteiger charge is 2.09. The second kappa shape index (κ2) is 7.79. The van der Waals surface area contributed by atoms with E-state index in [1.807, 2.05) is 36.4 Å². The van der Waals surface area contributed by atoms with Gasteiger partial charge in [-0.3, -0.25) is 10.1 Å². The Hall–Kier alpha value is -3.19. The topological polar surface area (TPSA) is 74.5 Å². The summed E-state index contributed by atoms with van der Waals surface area (Å²) in [7, 11) is 3.20. The molecule has 0 bridgehead atoms. The van der Waals surface area contributed by atoms with Crippen LogP contribution in [0.2, 0.25) is 0 Å². The third-order valence-corrected chi connectivity index (χ3v) is 4.64. The lowest BCUT2D eigenvalue weighted by molar-refractivity contribution is -0.384. The summed E-state index contributed by atoms with van der Waals surface area (Å²) in [5.41, 5.74) is 1.82. The second-order valence-corrected chi connectivity index (χ2v) is 6.36. The highest BCUT2D eigenvalue weighted by atomic mass is 32.1. The molecular weight excluding hydrogens is 352 g/mol. The van der Waals surface area contributed by atoms with Crippen molar-refractivity contribution in [2.75, 3.05) is 14.2 Å². The van der Waals surface area contributed by atoms with Crippen LogP contribution in [0.3, 0.4) is 0 Å². The van der Waals surface area contributed by atoms with Gasteiger partial charge in [0.2, 0.25) is 0 Å². The lowest BCUT2D eigenvalue weighted by Crippen LogP contribution is -1.89. The number of hydrogen-bond acceptors (Lipinski definition) is 6. The van der Waals surface area contributed by atoms with Crippen molar-refractivity contribution in [3.05, 3.63) is 69.2 Å². The third kappa shape index (κ3) is 3.89. The second-order valence-electron chi connectivity index (χ2n) is 5.29. The zero-order valence-electron chi connectivity index (χ0n) is 14.2. The maximum Gasteiger partial charge on any atom is 0.269 e. The van der Waals surface area contributed by atoms with Crippen molar-refractivity contribution in [1.82, 2.24) is 4.98 Å². The van der Waals surface area contributed by atoms with Crippen LogP contribution in [0.25, 0.3) is 22.4 Å². The van der Waals surface area contributed by atoms with Gasteiger partial charge in [0.15, 0.2) is 11.5 Å². The minimum atomic E-state index is -0.412. The molecule has 0 saturated heterocycles. The van der Waals surface area contributed by atoms with Crippen LogP contribution in [0.15, 0.2) is 48.6 Å². The average molecular weight is 368 g/mol. The SMILES string of the molecule is COc1cc2nc(/C=C/C=C/c3ccc([N+](=O)[O-])cc3)sc2cc1OC. The van der Waals surface area contributed by atoms with Crippen LogP contribution in [0.4, 0.5) is 5.69 Å². The van der Waals surface area contributed by atoms with Crippen molar-refractivity contribution in [2.24, 2.45) is 0 Å². The molecule has 3 aromatic rings. The first-order valence-corrected chi connectivity index (χ1v) is 8.54. The number of ether oxygens (including phenoxy) is 2. The molecule has 7 heteroatoms. The first-order valence-electron chi connectivity index (χ1n) is 7.72. The number of aromatic nitrogens is 1. The zero-order chi connectivity index (χ0) is 18.5. The molecule has 0 amide bonds. The number of nitro benzene ring substituents is 1. The fourth-order valence-electron chi connectivity index (χ4n) is 2.36. The van der Waals surface area contributed by atoms with E-state index in [2.05, 4.69) is 4.98 Å². The Morgan fingerprint density at radius 3 is 2.35 bits per heavy atom. The van der Waals surface area contributed by atoms with E-state index in [9.17, 15) is 10.1 Å². The molecule has 0 unspecified atom stereocenters. The molecule has 26 heavy (non-hydrogen) atoms. The van der Waals surface area contributed by atoms with Crippen LogP contribution in [0.5, 0.6) is 11.5 Å². The first-order chi connectivity index (χ1) is 12.6. The number of benzene rings is 2. The first kappa shape index (κ1) is 17.6. The van der Waals surface area contributed by atoms with Crippen LogP contribution in [-0.4, -0.2) is 24.1 Å². The van der Waals surface area contributed by atoms with Gasteiger partial charge in [-0.1, -0.05) is 18.2 Å². The lowest BCUT2D eigenvalue weighted by Gasteiger charge is -2.05. The summed E-state index contributed by atoms with van der Waals surface area (Å²) in [5, 5.41) is 11.5. The summed E-state index contributed by atoms with van der Waals surface area (Å²) in [6, 6.07) is 10.2. The molecule has 0 fully saturated rings. The number of methoxy groups -OCH3 is 2. The largest absolute Gasteiger partial charge is 0.493 e. The predicted octanol–water partition coefficient (Wildman–Crippen LogP) is 4.95. The molecule has 0 aliphatic rings. The van der Waals surface area contributed by atoms with E-state index in [1.54, 1.807) is 37.7 Å². The molecule has 0 atom stereocenters. The van der Waals surface area contributed by atoms with Crippen molar-refractivity contribution in [1.29, 1.82) is 0 Å². The standard InChI is InChI=1S/C19H16N2O4S/c1-24-16-11-15-18(12-17(16)25-2)26-19(20-15)6-4-3-5-13-7-9-14(10-8-13)21(22)23/h3-12H,1-2H3/b5-3+,6-4+. The predicted molar refractivity (Wildman–Crippen MR) is 104 cm³/mol. The minimum Gasteiger partial charge on any atom is -0.493 e. The van der Waals surface area contributed by atoms with E-state index in [4.69, 9.17) is 9.47 Å². The van der Waals surface area contributed by atoms with E-state index in [0.29, 0.717) is 11.5 Å². The third-order valence-electron chi connectivity index (χ3n) is 3.65. The molecule has 1 heterocycles. The smallest absolute Gasteiger partial charge is 0.269 e. The van der Waals surface area contributed by atoms with Gasteiger partial charge >= 0.3 is 0 Å². The Morgan fingerprint density at radius 1 is 1.04 bits per heavy atom. The fourth-order valence-corrected chi connectivity index (χ4v) is 3.25. The van der Waals surface area contributed by atoms with E-state index in [1.165, 1.54) is 12.1 Å². The summed E-state index contributed by atoms with van der Waals surface area (Å²) in [4.78, 5) is 14.8. The van der Waals surface area contributed by atoms with Gasteiger partial charge in [0.1, 0.15) is 5.01 Å². The van der Waals surface area contributed by atoms with Gasteiger partial charge in [-0.25, -0.2) is 4.98 Å².